The molecule has 0 saturated carbocycles. The molecule has 17 nitrogen and oxygen atoms in total. The van der Waals surface area contributed by atoms with E-state index in [1.807, 2.05) is 0 Å². The molecule has 6 atom stereocenters. The van der Waals surface area contributed by atoms with Gasteiger partial charge in [-0.3, -0.25) is 37.3 Å². The molecule has 4 unspecified atom stereocenters. The van der Waals surface area contributed by atoms with Crippen LogP contribution in [0, 0.1) is 23.7 Å². The van der Waals surface area contributed by atoms with Gasteiger partial charge in [0, 0.05) is 25.7 Å². The Kier molecular flexibility index (Phi) is 60.3. The lowest BCUT2D eigenvalue weighted by molar-refractivity contribution is -0.161. The van der Waals surface area contributed by atoms with Crippen molar-refractivity contribution in [2.45, 2.75) is 375 Å². The van der Waals surface area contributed by atoms with Crippen molar-refractivity contribution in [3.63, 3.8) is 0 Å². The smallest absolute Gasteiger partial charge is 0.462 e. The second-order valence-electron chi connectivity index (χ2n) is 27.6. The highest BCUT2D eigenvalue weighted by Crippen LogP contribution is 2.45. The summed E-state index contributed by atoms with van der Waals surface area (Å²) in [5, 5.41) is 10.6. The highest BCUT2D eigenvalue weighted by atomic mass is 31.2. The van der Waals surface area contributed by atoms with Crippen molar-refractivity contribution in [2.24, 2.45) is 23.7 Å². The zero-order chi connectivity index (χ0) is 67.5. The number of aliphatic hydroxyl groups excluding tert-OH is 1. The van der Waals surface area contributed by atoms with Gasteiger partial charge in [-0.2, -0.15) is 0 Å². The van der Waals surface area contributed by atoms with Gasteiger partial charge >= 0.3 is 39.5 Å². The fourth-order valence-electron chi connectivity index (χ4n) is 10.8. The Morgan fingerprint density at radius 3 is 0.780 bits per heavy atom. The van der Waals surface area contributed by atoms with Crippen molar-refractivity contribution in [3.05, 3.63) is 0 Å². The highest BCUT2D eigenvalue weighted by Gasteiger charge is 2.30. The quantitative estimate of drug-likeness (QED) is 0.0222. The molecule has 0 amide bonds. The Bertz CT molecular complexity index is 1800. The molecule has 0 fully saturated rings. The zero-order valence-corrected chi connectivity index (χ0v) is 61.3. The first-order chi connectivity index (χ1) is 43.6. The maximum absolute atomic E-state index is 13.0. The van der Waals surface area contributed by atoms with E-state index in [1.54, 1.807) is 0 Å². The molecule has 0 heterocycles. The topological polar surface area (TPSA) is 237 Å². The van der Waals surface area contributed by atoms with Crippen molar-refractivity contribution in [1.29, 1.82) is 0 Å². The summed E-state index contributed by atoms with van der Waals surface area (Å²) in [4.78, 5) is 72.6. The molecule has 0 rings (SSSR count). The Hall–Kier alpha value is -1.94. The minimum atomic E-state index is -4.95. The number of hydrogen-bond acceptors (Lipinski definition) is 15. The van der Waals surface area contributed by atoms with Gasteiger partial charge in [0.15, 0.2) is 12.2 Å². The zero-order valence-electron chi connectivity index (χ0n) is 59.5. The highest BCUT2D eigenvalue weighted by molar-refractivity contribution is 7.47. The molecule has 0 radical (unpaired) electrons. The van der Waals surface area contributed by atoms with Gasteiger partial charge in [-0.25, -0.2) is 9.13 Å². The fourth-order valence-corrected chi connectivity index (χ4v) is 12.4. The lowest BCUT2D eigenvalue weighted by atomic mass is 9.99. The number of rotatable bonds is 69. The van der Waals surface area contributed by atoms with Crippen LogP contribution in [0.4, 0.5) is 0 Å². The Morgan fingerprint density at radius 2 is 0.527 bits per heavy atom. The van der Waals surface area contributed by atoms with Gasteiger partial charge in [-0.05, 0) is 49.4 Å². The van der Waals surface area contributed by atoms with E-state index < -0.39 is 97.5 Å². The second kappa shape index (κ2) is 61.6. The number of esters is 4. The summed E-state index contributed by atoms with van der Waals surface area (Å²) >= 11 is 0. The van der Waals surface area contributed by atoms with Crippen LogP contribution in [-0.2, 0) is 65.4 Å². The van der Waals surface area contributed by atoms with Gasteiger partial charge in [0.05, 0.1) is 26.4 Å². The van der Waals surface area contributed by atoms with Crippen molar-refractivity contribution >= 4 is 39.5 Å². The predicted molar refractivity (Wildman–Crippen MR) is 367 cm³/mol. The molecular weight excluding hydrogens is 1200 g/mol. The molecule has 0 spiro atoms. The molecule has 3 N–H and O–H groups in total. The molecule has 0 aromatic rings. The lowest BCUT2D eigenvalue weighted by Gasteiger charge is -2.21. The average Bonchev–Trinajstić information content (AvgIpc) is 3.52. The fraction of sp³-hybridized carbons (Fsp3) is 0.944. The van der Waals surface area contributed by atoms with Crippen LogP contribution in [0.15, 0.2) is 0 Å². The number of phosphoric acid groups is 2. The van der Waals surface area contributed by atoms with Gasteiger partial charge in [0.2, 0.25) is 0 Å². The molecule has 0 saturated heterocycles. The maximum Gasteiger partial charge on any atom is 0.472 e. The van der Waals surface area contributed by atoms with Gasteiger partial charge in [0.25, 0.3) is 0 Å². The van der Waals surface area contributed by atoms with Gasteiger partial charge in [0.1, 0.15) is 19.3 Å². The maximum atomic E-state index is 13.0. The molecule has 0 aromatic heterocycles. The third-order valence-corrected chi connectivity index (χ3v) is 18.8. The molecular formula is C72H140O17P2. The molecule has 0 aromatic carbocycles. The van der Waals surface area contributed by atoms with Crippen molar-refractivity contribution in [2.75, 3.05) is 39.6 Å². The average molecular weight is 1340 g/mol. The van der Waals surface area contributed by atoms with Crippen molar-refractivity contribution < 1.29 is 80.2 Å². The van der Waals surface area contributed by atoms with E-state index in [1.165, 1.54) is 154 Å². The normalized spacial score (nSPS) is 14.5. The van der Waals surface area contributed by atoms with Crippen molar-refractivity contribution in [1.82, 2.24) is 0 Å². The van der Waals surface area contributed by atoms with Crippen LogP contribution in [0.5, 0.6) is 0 Å². The molecule has 0 bridgehead atoms. The summed E-state index contributed by atoms with van der Waals surface area (Å²) in [6.07, 6.45) is 44.5. The van der Waals surface area contributed by atoms with E-state index in [-0.39, 0.29) is 25.7 Å². The van der Waals surface area contributed by atoms with Crippen LogP contribution in [0.2, 0.25) is 0 Å². The minimum absolute atomic E-state index is 0.104. The van der Waals surface area contributed by atoms with E-state index in [4.69, 9.17) is 37.0 Å². The SMILES string of the molecule is CCC(C)CCCCCCCCCCCCCCCCC(=O)O[C@H](COC(=O)CCCCCCCCCC(C)C)COP(=O)(O)OCC(O)COP(=O)(O)OC[C@@H](COC(=O)CCCCCCCCCCC(C)C)OC(=O)CCCCCCCCCCCC(C)C. The molecule has 0 aliphatic heterocycles. The number of carbonyl (C=O) groups excluding carboxylic acids is 4. The summed E-state index contributed by atoms with van der Waals surface area (Å²) in [5.74, 6) is 0.885. The molecule has 91 heavy (non-hydrogen) atoms. The third kappa shape index (κ3) is 65.1. The Balaban J connectivity index is 5.23. The Morgan fingerprint density at radius 1 is 0.308 bits per heavy atom. The van der Waals surface area contributed by atoms with E-state index in [2.05, 4.69) is 55.4 Å². The molecule has 540 valence electrons. The van der Waals surface area contributed by atoms with E-state index >= 15 is 0 Å². The van der Waals surface area contributed by atoms with Crippen LogP contribution < -0.4 is 0 Å². The third-order valence-electron chi connectivity index (χ3n) is 16.9. The van der Waals surface area contributed by atoms with Crippen LogP contribution in [0.3, 0.4) is 0 Å². The number of phosphoric ester groups is 2. The second-order valence-corrected chi connectivity index (χ2v) is 30.6. The summed E-state index contributed by atoms with van der Waals surface area (Å²) in [6.45, 7) is 14.1. The number of aliphatic hydroxyl groups is 1. The summed E-state index contributed by atoms with van der Waals surface area (Å²) in [6, 6.07) is 0. The van der Waals surface area contributed by atoms with E-state index in [0.29, 0.717) is 31.6 Å². The summed E-state index contributed by atoms with van der Waals surface area (Å²) in [7, 11) is -9.91. The van der Waals surface area contributed by atoms with Crippen LogP contribution in [-0.4, -0.2) is 96.7 Å². The van der Waals surface area contributed by atoms with E-state index in [9.17, 15) is 43.2 Å². The number of carbonyl (C=O) groups is 4. The molecule has 0 aliphatic carbocycles. The van der Waals surface area contributed by atoms with Gasteiger partial charge in [-0.15, -0.1) is 0 Å². The van der Waals surface area contributed by atoms with Crippen molar-refractivity contribution in [3.8, 4) is 0 Å². The van der Waals surface area contributed by atoms with E-state index in [0.717, 1.165) is 114 Å². The number of unbranched alkanes of at least 4 members (excludes halogenated alkanes) is 34. The predicted octanol–water partition coefficient (Wildman–Crippen LogP) is 20.5. The minimum Gasteiger partial charge on any atom is -0.462 e. The molecule has 0 aliphatic rings. The number of ether oxygens (including phenoxy) is 4. The summed E-state index contributed by atoms with van der Waals surface area (Å²) < 4.78 is 68.3. The monoisotopic (exact) mass is 1340 g/mol. The standard InChI is InChI=1S/C72H140O17P2/c1-9-65(8)51-43-35-27-18-14-12-10-11-13-15-19-29-38-46-54-71(76)88-68(59-83-70(75)53-45-37-31-23-26-34-42-50-64(6)7)61-87-91(80,81)85-57-66(73)56-84-90(78,79)86-60-67(58-82-69(74)52-44-36-28-22-21-25-33-41-49-63(4)5)89-72(77)55-47-39-30-20-16-17-24-32-40-48-62(2)3/h62-68,73H,9-61H2,1-8H3,(H,78,79)(H,80,81)/t65?,66?,67-,68-/m1/s1. The molecule has 19 heteroatoms. The van der Waals surface area contributed by atoms with Crippen LogP contribution in [0.1, 0.15) is 357 Å². The first-order valence-corrected chi connectivity index (χ1v) is 40.2. The Labute approximate surface area is 556 Å². The van der Waals surface area contributed by atoms with Crippen LogP contribution in [0.25, 0.3) is 0 Å². The number of hydrogen-bond donors (Lipinski definition) is 3. The first kappa shape index (κ1) is 89.1. The first-order valence-electron chi connectivity index (χ1n) is 37.2. The largest absolute Gasteiger partial charge is 0.472 e. The van der Waals surface area contributed by atoms with Crippen LogP contribution >= 0.6 is 15.6 Å². The lowest BCUT2D eigenvalue weighted by Crippen LogP contribution is -2.30. The van der Waals surface area contributed by atoms with Gasteiger partial charge < -0.3 is 33.8 Å². The summed E-state index contributed by atoms with van der Waals surface area (Å²) in [5.41, 5.74) is 0. The van der Waals surface area contributed by atoms with Gasteiger partial charge in [-0.1, -0.05) is 306 Å².